The average Bonchev–Trinajstić information content (AvgIpc) is 2.30. The van der Waals surface area contributed by atoms with Gasteiger partial charge in [-0.1, -0.05) is 25.7 Å². The minimum Gasteiger partial charge on any atom is -0.356 e. The second-order valence-electron chi connectivity index (χ2n) is 5.65. The molecule has 0 aromatic heterocycles. The summed E-state index contributed by atoms with van der Waals surface area (Å²) < 4.78 is 6.32. The van der Waals surface area contributed by atoms with Crippen molar-refractivity contribution in [1.82, 2.24) is 0 Å². The van der Waals surface area contributed by atoms with Crippen LogP contribution in [0.4, 0.5) is 0 Å². The fraction of sp³-hybridized carbons (Fsp3) is 1.00. The van der Waals surface area contributed by atoms with Crippen LogP contribution in [0.3, 0.4) is 0 Å². The Morgan fingerprint density at radius 3 is 2.40 bits per heavy atom. The van der Waals surface area contributed by atoms with Crippen LogP contribution in [-0.2, 0) is 4.52 Å². The highest BCUT2D eigenvalue weighted by Crippen LogP contribution is 2.58. The van der Waals surface area contributed by atoms with Crippen molar-refractivity contribution >= 4 is 8.15 Å². The SMILES string of the molecule is CP1OC2CCCCC2C2CCCCC21. The molecular formula is C13H23OP. The van der Waals surface area contributed by atoms with E-state index in [0.717, 1.165) is 17.5 Å². The Balaban J connectivity index is 1.79. The molecule has 5 unspecified atom stereocenters. The first-order valence-electron chi connectivity index (χ1n) is 6.76. The molecule has 1 saturated heterocycles. The fourth-order valence-corrected chi connectivity index (χ4v) is 6.43. The van der Waals surface area contributed by atoms with Crippen molar-refractivity contribution in [3.63, 3.8) is 0 Å². The summed E-state index contributed by atoms with van der Waals surface area (Å²) in [5.74, 6) is 2.00. The number of hydrogen-bond donors (Lipinski definition) is 0. The van der Waals surface area contributed by atoms with Crippen molar-refractivity contribution in [1.29, 1.82) is 0 Å². The molecule has 0 bridgehead atoms. The molecule has 1 nitrogen and oxygen atoms in total. The summed E-state index contributed by atoms with van der Waals surface area (Å²) in [5, 5.41) is 0. The topological polar surface area (TPSA) is 9.23 Å². The zero-order valence-electron chi connectivity index (χ0n) is 9.82. The fourth-order valence-electron chi connectivity index (χ4n) is 4.13. The van der Waals surface area contributed by atoms with Gasteiger partial charge in [0.2, 0.25) is 0 Å². The molecule has 0 N–H and O–H groups in total. The van der Waals surface area contributed by atoms with Crippen molar-refractivity contribution in [3.8, 4) is 0 Å². The number of hydrogen-bond acceptors (Lipinski definition) is 1. The Hall–Kier alpha value is 0.390. The monoisotopic (exact) mass is 226 g/mol. The highest BCUT2D eigenvalue weighted by molar-refractivity contribution is 7.52. The first-order chi connectivity index (χ1) is 7.36. The third kappa shape index (κ3) is 1.87. The summed E-state index contributed by atoms with van der Waals surface area (Å²) in [4.78, 5) is 0. The van der Waals surface area contributed by atoms with Crippen LogP contribution in [0.15, 0.2) is 0 Å². The van der Waals surface area contributed by atoms with Gasteiger partial charge in [0, 0.05) is 13.8 Å². The lowest BCUT2D eigenvalue weighted by Crippen LogP contribution is -2.43. The van der Waals surface area contributed by atoms with Gasteiger partial charge in [-0.15, -0.1) is 0 Å². The molecule has 0 aromatic carbocycles. The molecule has 3 aliphatic rings. The Morgan fingerprint density at radius 2 is 1.53 bits per heavy atom. The van der Waals surface area contributed by atoms with Crippen molar-refractivity contribution in [2.75, 3.05) is 6.66 Å². The van der Waals surface area contributed by atoms with E-state index in [1.165, 1.54) is 51.4 Å². The van der Waals surface area contributed by atoms with Crippen molar-refractivity contribution in [2.24, 2.45) is 11.8 Å². The Morgan fingerprint density at radius 1 is 0.867 bits per heavy atom. The molecule has 0 spiro atoms. The summed E-state index contributed by atoms with van der Waals surface area (Å²) >= 11 is 0. The standard InChI is InChI=1S/C13H23OP/c1-15-13-9-5-3-7-11(13)10-6-2-4-8-12(10)14-15/h10-13H,2-9H2,1H3. The summed E-state index contributed by atoms with van der Waals surface area (Å²) in [6.45, 7) is 2.39. The van der Waals surface area contributed by atoms with Crippen LogP contribution in [0.1, 0.15) is 51.4 Å². The maximum absolute atomic E-state index is 6.32. The number of rotatable bonds is 0. The molecule has 0 amide bonds. The van der Waals surface area contributed by atoms with Crippen LogP contribution >= 0.6 is 8.15 Å². The minimum atomic E-state index is -0.0926. The van der Waals surface area contributed by atoms with Gasteiger partial charge >= 0.3 is 0 Å². The molecule has 0 aromatic rings. The van der Waals surface area contributed by atoms with Crippen LogP contribution in [0.5, 0.6) is 0 Å². The largest absolute Gasteiger partial charge is 0.356 e. The first kappa shape index (κ1) is 10.5. The summed E-state index contributed by atoms with van der Waals surface area (Å²) in [5.41, 5.74) is 0.966. The zero-order valence-corrected chi connectivity index (χ0v) is 10.7. The van der Waals surface area contributed by atoms with Crippen molar-refractivity contribution in [2.45, 2.75) is 63.1 Å². The quantitative estimate of drug-likeness (QED) is 0.563. The second kappa shape index (κ2) is 4.34. The lowest BCUT2D eigenvalue weighted by Gasteiger charge is -2.50. The van der Waals surface area contributed by atoms with Crippen LogP contribution in [-0.4, -0.2) is 18.4 Å². The smallest absolute Gasteiger partial charge is 0.0648 e. The minimum absolute atomic E-state index is 0.0926. The van der Waals surface area contributed by atoms with Gasteiger partial charge in [-0.05, 0) is 44.2 Å². The van der Waals surface area contributed by atoms with E-state index in [4.69, 9.17) is 4.52 Å². The normalized spacial score (nSPS) is 50.6. The van der Waals surface area contributed by atoms with E-state index in [-0.39, 0.29) is 8.15 Å². The summed E-state index contributed by atoms with van der Waals surface area (Å²) in [6, 6.07) is 0. The molecule has 1 heterocycles. The van der Waals surface area contributed by atoms with Gasteiger partial charge in [-0.3, -0.25) is 0 Å². The van der Waals surface area contributed by atoms with Crippen LogP contribution in [0.2, 0.25) is 0 Å². The van der Waals surface area contributed by atoms with E-state index in [1.807, 2.05) is 0 Å². The highest BCUT2D eigenvalue weighted by atomic mass is 31.1. The maximum atomic E-state index is 6.32. The molecule has 1 aliphatic heterocycles. The molecule has 2 heteroatoms. The van der Waals surface area contributed by atoms with E-state index in [9.17, 15) is 0 Å². The Kier molecular flexibility index (Phi) is 3.05. The summed E-state index contributed by atoms with van der Waals surface area (Å²) in [7, 11) is -0.0926. The van der Waals surface area contributed by atoms with Gasteiger partial charge < -0.3 is 4.52 Å². The molecule has 0 radical (unpaired) electrons. The molecule has 5 atom stereocenters. The third-order valence-electron chi connectivity index (χ3n) is 4.85. The lowest BCUT2D eigenvalue weighted by molar-refractivity contribution is 0.0287. The molecule has 2 saturated carbocycles. The van der Waals surface area contributed by atoms with E-state index in [0.29, 0.717) is 6.10 Å². The lowest BCUT2D eigenvalue weighted by atomic mass is 9.71. The Labute approximate surface area is 94.8 Å². The third-order valence-corrected chi connectivity index (χ3v) is 7.03. The molecule has 15 heavy (non-hydrogen) atoms. The van der Waals surface area contributed by atoms with E-state index < -0.39 is 0 Å². The predicted molar refractivity (Wildman–Crippen MR) is 65.4 cm³/mol. The van der Waals surface area contributed by atoms with Crippen LogP contribution < -0.4 is 0 Å². The summed E-state index contributed by atoms with van der Waals surface area (Å²) in [6.07, 6.45) is 12.3. The Bertz CT molecular complexity index is 231. The van der Waals surface area contributed by atoms with Gasteiger partial charge in [0.1, 0.15) is 0 Å². The second-order valence-corrected chi connectivity index (χ2v) is 7.62. The van der Waals surface area contributed by atoms with Crippen LogP contribution in [0, 0.1) is 11.8 Å². The maximum Gasteiger partial charge on any atom is 0.0648 e. The molecule has 2 aliphatic carbocycles. The van der Waals surface area contributed by atoms with Crippen molar-refractivity contribution < 1.29 is 4.52 Å². The molecule has 3 rings (SSSR count). The van der Waals surface area contributed by atoms with Gasteiger partial charge in [0.25, 0.3) is 0 Å². The van der Waals surface area contributed by atoms with E-state index in [1.54, 1.807) is 0 Å². The number of fused-ring (bicyclic) bond motifs is 3. The van der Waals surface area contributed by atoms with E-state index >= 15 is 0 Å². The van der Waals surface area contributed by atoms with Gasteiger partial charge in [0.05, 0.1) is 6.10 Å². The van der Waals surface area contributed by atoms with Gasteiger partial charge in [-0.2, -0.15) is 0 Å². The average molecular weight is 226 g/mol. The molecular weight excluding hydrogens is 203 g/mol. The van der Waals surface area contributed by atoms with Gasteiger partial charge in [0.15, 0.2) is 0 Å². The molecule has 86 valence electrons. The predicted octanol–water partition coefficient (Wildman–Crippen LogP) is 4.16. The van der Waals surface area contributed by atoms with Crippen LogP contribution in [0.25, 0.3) is 0 Å². The van der Waals surface area contributed by atoms with Gasteiger partial charge in [-0.25, -0.2) is 0 Å². The molecule has 3 fully saturated rings. The van der Waals surface area contributed by atoms with Crippen molar-refractivity contribution in [3.05, 3.63) is 0 Å². The highest BCUT2D eigenvalue weighted by Gasteiger charge is 2.45. The first-order valence-corrected chi connectivity index (χ1v) is 8.53. The van der Waals surface area contributed by atoms with E-state index in [2.05, 4.69) is 6.66 Å². The zero-order chi connectivity index (χ0) is 10.3.